The van der Waals surface area contributed by atoms with Gasteiger partial charge in [0, 0.05) is 49.9 Å². The first-order valence-corrected chi connectivity index (χ1v) is 11.2. The highest BCUT2D eigenvalue weighted by Gasteiger charge is 2.20. The Balaban J connectivity index is 1.25. The van der Waals surface area contributed by atoms with Crippen molar-refractivity contribution in [3.8, 4) is 5.75 Å². The zero-order valence-corrected chi connectivity index (χ0v) is 18.7. The van der Waals surface area contributed by atoms with Gasteiger partial charge in [-0.3, -0.25) is 9.69 Å². The molecule has 0 saturated carbocycles. The van der Waals surface area contributed by atoms with Gasteiger partial charge in [-0.15, -0.1) is 0 Å². The molecule has 1 saturated heterocycles. The molecule has 1 fully saturated rings. The lowest BCUT2D eigenvalue weighted by Crippen LogP contribution is -2.48. The van der Waals surface area contributed by atoms with Gasteiger partial charge in [0.1, 0.15) is 5.75 Å². The number of aryl methyl sites for hydroxylation is 1. The molecule has 4 rings (SSSR count). The molecule has 0 atom stereocenters. The molecule has 6 nitrogen and oxygen atoms in total. The summed E-state index contributed by atoms with van der Waals surface area (Å²) < 4.78 is 6.30. The van der Waals surface area contributed by atoms with Crippen molar-refractivity contribution in [2.45, 2.75) is 6.92 Å². The summed E-state index contributed by atoms with van der Waals surface area (Å²) in [5.41, 5.74) is 2.70. The van der Waals surface area contributed by atoms with Gasteiger partial charge in [-0.25, -0.2) is 4.98 Å². The number of nitrogens with one attached hydrogen (secondary N) is 1. The Kier molecular flexibility index (Phi) is 6.41. The number of rotatable bonds is 6. The van der Waals surface area contributed by atoms with Crippen LogP contribution in [0.1, 0.15) is 15.9 Å². The van der Waals surface area contributed by atoms with Gasteiger partial charge in [0.15, 0.2) is 5.13 Å². The first-order valence-electron chi connectivity index (χ1n) is 10.0. The molecule has 2 aromatic carbocycles. The Labute approximate surface area is 185 Å². The van der Waals surface area contributed by atoms with Gasteiger partial charge < -0.3 is 15.0 Å². The SMILES string of the molecule is COc1ccc(C(=O)NCCN2CCN(c3nc4c(C)c(Cl)ccc4s3)CC2)cc1. The number of amides is 1. The first kappa shape index (κ1) is 20.9. The van der Waals surface area contributed by atoms with Crippen LogP contribution in [-0.4, -0.2) is 62.2 Å². The van der Waals surface area contributed by atoms with E-state index in [2.05, 4.69) is 15.1 Å². The number of carbonyl (C=O) groups is 1. The van der Waals surface area contributed by atoms with Crippen molar-refractivity contribution in [3.05, 3.63) is 52.5 Å². The van der Waals surface area contributed by atoms with Gasteiger partial charge in [-0.05, 0) is 48.9 Å². The predicted octanol–water partition coefficient (Wildman–Crippen LogP) is 3.82. The summed E-state index contributed by atoms with van der Waals surface area (Å²) in [6, 6.07) is 11.1. The third-order valence-corrected chi connectivity index (χ3v) is 6.94. The molecule has 0 bridgehead atoms. The summed E-state index contributed by atoms with van der Waals surface area (Å²) >= 11 is 7.96. The number of benzene rings is 2. The van der Waals surface area contributed by atoms with Crippen LogP contribution in [0.25, 0.3) is 10.2 Å². The van der Waals surface area contributed by atoms with Crippen molar-refractivity contribution < 1.29 is 9.53 Å². The molecule has 3 aromatic rings. The van der Waals surface area contributed by atoms with E-state index in [1.165, 1.54) is 4.70 Å². The lowest BCUT2D eigenvalue weighted by molar-refractivity contribution is 0.0947. The fourth-order valence-electron chi connectivity index (χ4n) is 3.56. The Morgan fingerprint density at radius 3 is 2.60 bits per heavy atom. The highest BCUT2D eigenvalue weighted by Crippen LogP contribution is 2.33. The van der Waals surface area contributed by atoms with Gasteiger partial charge in [0.25, 0.3) is 5.91 Å². The zero-order valence-electron chi connectivity index (χ0n) is 17.2. The number of hydrogen-bond donors (Lipinski definition) is 1. The van der Waals surface area contributed by atoms with Crippen LogP contribution in [-0.2, 0) is 0 Å². The maximum Gasteiger partial charge on any atom is 0.251 e. The minimum absolute atomic E-state index is 0.0557. The normalized spacial score (nSPS) is 14.8. The smallest absolute Gasteiger partial charge is 0.251 e. The minimum Gasteiger partial charge on any atom is -0.497 e. The van der Waals surface area contributed by atoms with E-state index in [-0.39, 0.29) is 5.91 Å². The molecule has 158 valence electrons. The van der Waals surface area contributed by atoms with E-state index in [4.69, 9.17) is 21.3 Å². The molecule has 0 aliphatic carbocycles. The average molecular weight is 445 g/mol. The van der Waals surface area contributed by atoms with Gasteiger partial charge >= 0.3 is 0 Å². The number of piperazine rings is 1. The number of ether oxygens (including phenoxy) is 1. The number of fused-ring (bicyclic) bond motifs is 1. The monoisotopic (exact) mass is 444 g/mol. The molecule has 2 heterocycles. The van der Waals surface area contributed by atoms with E-state index < -0.39 is 0 Å². The molecule has 1 aliphatic rings. The molecule has 1 N–H and O–H groups in total. The van der Waals surface area contributed by atoms with Gasteiger partial charge in [0.05, 0.1) is 17.3 Å². The van der Waals surface area contributed by atoms with Crippen LogP contribution in [0.2, 0.25) is 5.02 Å². The summed E-state index contributed by atoms with van der Waals surface area (Å²) in [7, 11) is 1.61. The van der Waals surface area contributed by atoms with Crippen molar-refractivity contribution in [3.63, 3.8) is 0 Å². The van der Waals surface area contributed by atoms with Crippen molar-refractivity contribution in [2.75, 3.05) is 51.3 Å². The van der Waals surface area contributed by atoms with E-state index in [0.717, 1.165) is 59.7 Å². The summed E-state index contributed by atoms with van der Waals surface area (Å²) in [6.45, 7) is 7.25. The summed E-state index contributed by atoms with van der Waals surface area (Å²) in [5.74, 6) is 0.690. The van der Waals surface area contributed by atoms with E-state index in [9.17, 15) is 4.79 Å². The number of thiazole rings is 1. The Morgan fingerprint density at radius 2 is 1.90 bits per heavy atom. The van der Waals surface area contributed by atoms with Crippen molar-refractivity contribution >= 4 is 44.2 Å². The number of anilines is 1. The first-order chi connectivity index (χ1) is 14.5. The maximum absolute atomic E-state index is 12.3. The summed E-state index contributed by atoms with van der Waals surface area (Å²) in [4.78, 5) is 21.8. The minimum atomic E-state index is -0.0557. The quantitative estimate of drug-likeness (QED) is 0.626. The van der Waals surface area contributed by atoms with Crippen LogP contribution in [0.5, 0.6) is 5.75 Å². The molecule has 30 heavy (non-hydrogen) atoms. The van der Waals surface area contributed by atoms with Crippen LogP contribution in [0.15, 0.2) is 36.4 Å². The number of carbonyl (C=O) groups excluding carboxylic acids is 1. The maximum atomic E-state index is 12.3. The van der Waals surface area contributed by atoms with Crippen LogP contribution in [0.4, 0.5) is 5.13 Å². The van der Waals surface area contributed by atoms with E-state index >= 15 is 0 Å². The Hall–Kier alpha value is -2.35. The van der Waals surface area contributed by atoms with Gasteiger partial charge in [0.2, 0.25) is 0 Å². The van der Waals surface area contributed by atoms with E-state index in [1.54, 1.807) is 42.7 Å². The number of halogens is 1. The van der Waals surface area contributed by atoms with Crippen molar-refractivity contribution in [1.29, 1.82) is 0 Å². The van der Waals surface area contributed by atoms with Crippen molar-refractivity contribution in [2.24, 2.45) is 0 Å². The third-order valence-electron chi connectivity index (χ3n) is 5.45. The lowest BCUT2D eigenvalue weighted by atomic mass is 10.2. The topological polar surface area (TPSA) is 57.7 Å². The standard InChI is InChI=1S/C22H25ClN4O2S/c1-15-18(23)7-8-19-20(15)25-22(30-19)27-13-11-26(12-14-27)10-9-24-21(28)16-3-5-17(29-2)6-4-16/h3-8H,9-14H2,1-2H3,(H,24,28). The van der Waals surface area contributed by atoms with Crippen molar-refractivity contribution in [1.82, 2.24) is 15.2 Å². The number of hydrogen-bond acceptors (Lipinski definition) is 6. The molecule has 8 heteroatoms. The summed E-state index contributed by atoms with van der Waals surface area (Å²) in [6.07, 6.45) is 0. The molecule has 0 radical (unpaired) electrons. The van der Waals surface area contributed by atoms with Crippen LogP contribution in [0, 0.1) is 6.92 Å². The number of nitrogens with zero attached hydrogens (tertiary/aromatic N) is 3. The van der Waals surface area contributed by atoms with Crippen LogP contribution in [0.3, 0.4) is 0 Å². The van der Waals surface area contributed by atoms with Crippen LogP contribution < -0.4 is 15.0 Å². The molecule has 1 aliphatic heterocycles. The third kappa shape index (κ3) is 4.53. The largest absolute Gasteiger partial charge is 0.497 e. The molecule has 1 amide bonds. The van der Waals surface area contributed by atoms with E-state index in [0.29, 0.717) is 12.1 Å². The van der Waals surface area contributed by atoms with Crippen LogP contribution >= 0.6 is 22.9 Å². The predicted molar refractivity (Wildman–Crippen MR) is 123 cm³/mol. The molecule has 1 aromatic heterocycles. The second-order valence-electron chi connectivity index (χ2n) is 7.33. The molecule has 0 unspecified atom stereocenters. The second kappa shape index (κ2) is 9.20. The molecular weight excluding hydrogens is 420 g/mol. The van der Waals surface area contributed by atoms with Gasteiger partial charge in [-0.2, -0.15) is 0 Å². The zero-order chi connectivity index (χ0) is 21.1. The Bertz CT molecular complexity index is 1030. The van der Waals surface area contributed by atoms with E-state index in [1.807, 2.05) is 19.1 Å². The second-order valence-corrected chi connectivity index (χ2v) is 8.74. The summed E-state index contributed by atoms with van der Waals surface area (Å²) in [5, 5.41) is 4.82. The number of methoxy groups -OCH3 is 1. The fraction of sp³-hybridized carbons (Fsp3) is 0.364. The Morgan fingerprint density at radius 1 is 1.17 bits per heavy atom. The molecule has 0 spiro atoms. The van der Waals surface area contributed by atoms with Gasteiger partial charge in [-0.1, -0.05) is 22.9 Å². The molecular formula is C22H25ClN4O2S. The highest BCUT2D eigenvalue weighted by atomic mass is 35.5. The average Bonchev–Trinajstić information content (AvgIpc) is 3.22. The lowest BCUT2D eigenvalue weighted by Gasteiger charge is -2.34. The number of aromatic nitrogens is 1. The highest BCUT2D eigenvalue weighted by molar-refractivity contribution is 7.22. The fourth-order valence-corrected chi connectivity index (χ4v) is 4.79.